The van der Waals surface area contributed by atoms with Crippen molar-refractivity contribution in [2.75, 3.05) is 13.2 Å². The zero-order valence-electron chi connectivity index (χ0n) is 37.1. The van der Waals surface area contributed by atoms with Gasteiger partial charge in [0.1, 0.15) is 24.4 Å². The van der Waals surface area contributed by atoms with Gasteiger partial charge in [0.2, 0.25) is 5.91 Å². The molecule has 1 rings (SSSR count). The summed E-state index contributed by atoms with van der Waals surface area (Å²) >= 11 is 0. The summed E-state index contributed by atoms with van der Waals surface area (Å²) in [5, 5.41) is 54.2. The first-order valence-corrected chi connectivity index (χ1v) is 24.4. The van der Waals surface area contributed by atoms with E-state index in [-0.39, 0.29) is 12.5 Å². The largest absolute Gasteiger partial charge is 0.394 e. The zero-order valence-corrected chi connectivity index (χ0v) is 37.1. The molecule has 0 aromatic heterocycles. The molecule has 0 spiro atoms. The highest BCUT2D eigenvalue weighted by molar-refractivity contribution is 5.76. The predicted molar refractivity (Wildman–Crippen MR) is 235 cm³/mol. The summed E-state index contributed by atoms with van der Waals surface area (Å²) in [4.78, 5) is 13.0. The molecule has 1 aliphatic heterocycles. The van der Waals surface area contributed by atoms with E-state index in [2.05, 4.69) is 19.2 Å². The number of aliphatic hydroxyl groups is 5. The van der Waals surface area contributed by atoms with Crippen molar-refractivity contribution < 1.29 is 39.8 Å². The van der Waals surface area contributed by atoms with Crippen LogP contribution in [0.25, 0.3) is 0 Å². The molecule has 0 aliphatic carbocycles. The molecule has 6 N–H and O–H groups in total. The van der Waals surface area contributed by atoms with Gasteiger partial charge in [-0.05, 0) is 19.3 Å². The van der Waals surface area contributed by atoms with Gasteiger partial charge in [0.15, 0.2) is 6.29 Å². The topological polar surface area (TPSA) is 149 Å². The van der Waals surface area contributed by atoms with Crippen LogP contribution in [0.15, 0.2) is 12.2 Å². The van der Waals surface area contributed by atoms with Crippen molar-refractivity contribution in [2.45, 2.75) is 275 Å². The Morgan fingerprint density at radius 1 is 0.579 bits per heavy atom. The van der Waals surface area contributed by atoms with E-state index in [4.69, 9.17) is 9.47 Å². The number of rotatable bonds is 41. The van der Waals surface area contributed by atoms with Crippen LogP contribution in [0, 0.1) is 0 Å². The summed E-state index contributed by atoms with van der Waals surface area (Å²) < 4.78 is 11.2. The van der Waals surface area contributed by atoms with Gasteiger partial charge in [-0.15, -0.1) is 0 Å². The van der Waals surface area contributed by atoms with Crippen LogP contribution in [0.5, 0.6) is 0 Å². The molecule has 1 fully saturated rings. The third-order valence-corrected chi connectivity index (χ3v) is 11.9. The summed E-state index contributed by atoms with van der Waals surface area (Å²) in [7, 11) is 0. The van der Waals surface area contributed by atoms with Gasteiger partial charge in [-0.3, -0.25) is 4.79 Å². The van der Waals surface area contributed by atoms with Crippen LogP contribution in [0.3, 0.4) is 0 Å². The first-order chi connectivity index (χ1) is 27.8. The van der Waals surface area contributed by atoms with E-state index in [0.717, 1.165) is 38.5 Å². The summed E-state index contributed by atoms with van der Waals surface area (Å²) in [6.45, 7) is 3.79. The number of amides is 1. The van der Waals surface area contributed by atoms with Crippen LogP contribution >= 0.6 is 0 Å². The Kier molecular flexibility index (Phi) is 37.0. The molecular formula is C48H93NO8. The van der Waals surface area contributed by atoms with E-state index in [0.29, 0.717) is 6.42 Å². The van der Waals surface area contributed by atoms with Crippen molar-refractivity contribution in [1.82, 2.24) is 5.32 Å². The molecule has 1 heterocycles. The fourth-order valence-corrected chi connectivity index (χ4v) is 7.92. The summed E-state index contributed by atoms with van der Waals surface area (Å²) in [6.07, 6.45) is 38.3. The van der Waals surface area contributed by atoms with E-state index in [1.807, 2.05) is 6.08 Å². The second-order valence-corrected chi connectivity index (χ2v) is 17.3. The second kappa shape index (κ2) is 39.1. The summed E-state index contributed by atoms with van der Waals surface area (Å²) in [5.74, 6) is -0.173. The molecule has 1 amide bonds. The maximum absolute atomic E-state index is 13.0. The van der Waals surface area contributed by atoms with Crippen LogP contribution in [0.1, 0.15) is 232 Å². The minimum Gasteiger partial charge on any atom is -0.394 e. The van der Waals surface area contributed by atoms with Gasteiger partial charge in [0.05, 0.1) is 25.4 Å². The van der Waals surface area contributed by atoms with Crippen LogP contribution in [0.2, 0.25) is 0 Å². The Labute approximate surface area is 350 Å². The Hall–Kier alpha value is -1.07. The number of ether oxygens (including phenoxy) is 2. The Morgan fingerprint density at radius 2 is 0.965 bits per heavy atom. The first kappa shape index (κ1) is 53.9. The molecule has 0 aromatic carbocycles. The number of hydrogen-bond acceptors (Lipinski definition) is 8. The smallest absolute Gasteiger partial charge is 0.220 e. The number of unbranched alkanes of at least 4 members (excludes halogenated alkanes) is 31. The molecule has 0 saturated carbocycles. The van der Waals surface area contributed by atoms with Gasteiger partial charge in [-0.25, -0.2) is 0 Å². The quantitative estimate of drug-likeness (QED) is 0.0264. The molecule has 1 aliphatic rings. The fraction of sp³-hybridized carbons (Fsp3) is 0.938. The van der Waals surface area contributed by atoms with Crippen LogP contribution < -0.4 is 5.32 Å². The molecular weight excluding hydrogens is 719 g/mol. The highest BCUT2D eigenvalue weighted by Gasteiger charge is 2.44. The van der Waals surface area contributed by atoms with Gasteiger partial charge in [0, 0.05) is 6.42 Å². The third-order valence-electron chi connectivity index (χ3n) is 11.9. The first-order valence-electron chi connectivity index (χ1n) is 24.4. The fourth-order valence-electron chi connectivity index (χ4n) is 7.92. The maximum atomic E-state index is 13.0. The summed E-state index contributed by atoms with van der Waals surface area (Å²) in [6, 6.07) is -0.798. The number of hydrogen-bond donors (Lipinski definition) is 6. The van der Waals surface area contributed by atoms with Crippen molar-refractivity contribution in [3.05, 3.63) is 12.2 Å². The van der Waals surface area contributed by atoms with Crippen molar-refractivity contribution in [3.8, 4) is 0 Å². The molecule has 0 unspecified atom stereocenters. The van der Waals surface area contributed by atoms with Crippen LogP contribution in [-0.4, -0.2) is 87.5 Å². The predicted octanol–water partition coefficient (Wildman–Crippen LogP) is 10.5. The van der Waals surface area contributed by atoms with Crippen molar-refractivity contribution in [3.63, 3.8) is 0 Å². The highest BCUT2D eigenvalue weighted by Crippen LogP contribution is 2.23. The van der Waals surface area contributed by atoms with E-state index in [1.165, 1.54) is 173 Å². The van der Waals surface area contributed by atoms with Crippen molar-refractivity contribution >= 4 is 5.91 Å². The lowest BCUT2D eigenvalue weighted by Gasteiger charge is -2.40. The third kappa shape index (κ3) is 29.7. The number of carbonyl (C=O) groups excluding carboxylic acids is 1. The molecule has 338 valence electrons. The molecule has 1 saturated heterocycles. The van der Waals surface area contributed by atoms with E-state index in [9.17, 15) is 30.3 Å². The van der Waals surface area contributed by atoms with Crippen LogP contribution in [-0.2, 0) is 14.3 Å². The minimum atomic E-state index is -1.56. The lowest BCUT2D eigenvalue weighted by Crippen LogP contribution is -2.60. The average Bonchev–Trinajstić information content (AvgIpc) is 3.21. The maximum Gasteiger partial charge on any atom is 0.220 e. The van der Waals surface area contributed by atoms with Crippen LogP contribution in [0.4, 0.5) is 0 Å². The minimum absolute atomic E-state index is 0.173. The normalized spacial score (nSPS) is 21.0. The average molecular weight is 812 g/mol. The Bertz CT molecular complexity index is 904. The van der Waals surface area contributed by atoms with E-state index >= 15 is 0 Å². The van der Waals surface area contributed by atoms with Gasteiger partial charge in [-0.2, -0.15) is 0 Å². The van der Waals surface area contributed by atoms with Crippen molar-refractivity contribution in [2.24, 2.45) is 0 Å². The van der Waals surface area contributed by atoms with Gasteiger partial charge < -0.3 is 40.3 Å². The molecule has 0 aromatic rings. The highest BCUT2D eigenvalue weighted by atomic mass is 16.7. The molecule has 7 atom stereocenters. The van der Waals surface area contributed by atoms with Gasteiger partial charge in [-0.1, -0.05) is 219 Å². The molecule has 0 bridgehead atoms. The molecule has 0 radical (unpaired) electrons. The SMILES string of the molecule is CCCCCCCCCCCCC/C=C/[C@@H](O)[C@H](CO[C@@H]1O[C@H](CO)[C@H](O)[C@H](O)[C@H]1O)NC(=O)CCCCCCCCCCCCCCCCCCCCCCC. The lowest BCUT2D eigenvalue weighted by atomic mass is 9.99. The van der Waals surface area contributed by atoms with E-state index in [1.54, 1.807) is 6.08 Å². The molecule has 9 heteroatoms. The second-order valence-electron chi connectivity index (χ2n) is 17.3. The number of aliphatic hydroxyl groups excluding tert-OH is 5. The summed E-state index contributed by atoms with van der Waals surface area (Å²) in [5.41, 5.74) is 0. The van der Waals surface area contributed by atoms with Gasteiger partial charge >= 0.3 is 0 Å². The Morgan fingerprint density at radius 3 is 1.37 bits per heavy atom. The molecule has 57 heavy (non-hydrogen) atoms. The standard InChI is InChI=1S/C48H93NO8/c1-3-5-7-9-11-13-15-17-18-19-20-21-22-23-24-26-28-30-32-34-36-38-44(52)49-41(40-56-48-47(55)46(54)45(53)43(39-50)57-48)42(51)37-35-33-31-29-27-25-16-14-12-10-8-6-4-2/h35,37,41-43,45-48,50-51,53-55H,3-34,36,38-40H2,1-2H3,(H,49,52)/b37-35+/t41-,42+,43+,45-,46-,47+,48+/m0/s1. The monoisotopic (exact) mass is 812 g/mol. The number of nitrogens with one attached hydrogen (secondary N) is 1. The van der Waals surface area contributed by atoms with Crippen molar-refractivity contribution in [1.29, 1.82) is 0 Å². The number of carbonyl (C=O) groups is 1. The number of allylic oxidation sites excluding steroid dienone is 1. The lowest BCUT2D eigenvalue weighted by molar-refractivity contribution is -0.302. The zero-order chi connectivity index (χ0) is 41.6. The molecule has 9 nitrogen and oxygen atoms in total. The van der Waals surface area contributed by atoms with E-state index < -0.39 is 49.5 Å². The Balaban J connectivity index is 2.27. The van der Waals surface area contributed by atoms with Gasteiger partial charge in [0.25, 0.3) is 0 Å².